The first kappa shape index (κ1) is 15.3. The molecule has 0 aromatic heterocycles. The van der Waals surface area contributed by atoms with Crippen LogP contribution in [0.5, 0.6) is 0 Å². The van der Waals surface area contributed by atoms with Crippen molar-refractivity contribution in [2.75, 3.05) is 7.11 Å². The van der Waals surface area contributed by atoms with Crippen molar-refractivity contribution in [3.8, 4) is 0 Å². The monoisotopic (exact) mass is 267 g/mol. The van der Waals surface area contributed by atoms with Crippen molar-refractivity contribution in [2.24, 2.45) is 5.92 Å². The summed E-state index contributed by atoms with van der Waals surface area (Å²) in [6.45, 7) is 3.26. The molecule has 0 aromatic carbocycles. The first-order valence-corrected chi connectivity index (χ1v) is 6.09. The third-order valence-corrected chi connectivity index (χ3v) is 3.58. The van der Waals surface area contributed by atoms with Gasteiger partial charge in [0.15, 0.2) is 0 Å². The highest BCUT2D eigenvalue weighted by molar-refractivity contribution is 5.84. The van der Waals surface area contributed by atoms with Crippen LogP contribution in [0, 0.1) is 5.92 Å². The number of alkyl halides is 3. The van der Waals surface area contributed by atoms with E-state index in [1.165, 1.54) is 7.11 Å². The molecule has 1 N–H and O–H groups in total. The average molecular weight is 267 g/mol. The van der Waals surface area contributed by atoms with E-state index < -0.39 is 17.7 Å². The molecule has 0 aromatic rings. The predicted octanol–water partition coefficient (Wildman–Crippen LogP) is 2.65. The van der Waals surface area contributed by atoms with E-state index >= 15 is 0 Å². The summed E-state index contributed by atoms with van der Waals surface area (Å²) in [5, 5.41) is 2.75. The van der Waals surface area contributed by atoms with E-state index in [9.17, 15) is 18.0 Å². The third kappa shape index (κ3) is 3.86. The van der Waals surface area contributed by atoms with Crippen molar-refractivity contribution in [1.29, 1.82) is 0 Å². The summed E-state index contributed by atoms with van der Waals surface area (Å²) in [6, 6.07) is -0.175. The summed E-state index contributed by atoms with van der Waals surface area (Å²) in [5.41, 5.74) is -0.944. The van der Waals surface area contributed by atoms with Crippen molar-refractivity contribution in [2.45, 2.75) is 57.3 Å². The Hall–Kier alpha value is -0.780. The average Bonchev–Trinajstić information content (AvgIpc) is 2.28. The van der Waals surface area contributed by atoms with Crippen LogP contribution in [0.4, 0.5) is 13.2 Å². The maximum atomic E-state index is 12.5. The molecule has 0 unspecified atom stereocenters. The van der Waals surface area contributed by atoms with Gasteiger partial charge in [-0.3, -0.25) is 4.79 Å². The molecule has 0 saturated heterocycles. The van der Waals surface area contributed by atoms with E-state index in [0.717, 1.165) is 0 Å². The summed E-state index contributed by atoms with van der Waals surface area (Å²) in [5.74, 6) is -1.50. The minimum Gasteiger partial charge on any atom is -0.369 e. The van der Waals surface area contributed by atoms with Crippen LogP contribution in [0.3, 0.4) is 0 Å². The Bertz CT molecular complexity index is 294. The quantitative estimate of drug-likeness (QED) is 0.853. The Morgan fingerprint density at radius 3 is 2.06 bits per heavy atom. The largest absolute Gasteiger partial charge is 0.391 e. The van der Waals surface area contributed by atoms with Gasteiger partial charge in [-0.2, -0.15) is 13.2 Å². The van der Waals surface area contributed by atoms with Gasteiger partial charge in [-0.25, -0.2) is 0 Å². The second-order valence-electron chi connectivity index (χ2n) is 5.28. The lowest BCUT2D eigenvalue weighted by Crippen LogP contribution is -2.49. The molecule has 3 nitrogen and oxygen atoms in total. The molecule has 0 bridgehead atoms. The Morgan fingerprint density at radius 2 is 1.67 bits per heavy atom. The zero-order valence-electron chi connectivity index (χ0n) is 10.9. The molecule has 6 heteroatoms. The van der Waals surface area contributed by atoms with Crippen LogP contribution in [0.1, 0.15) is 39.5 Å². The van der Waals surface area contributed by atoms with Gasteiger partial charge >= 0.3 is 6.18 Å². The molecule has 1 aliphatic carbocycles. The van der Waals surface area contributed by atoms with Gasteiger partial charge in [0.05, 0.1) is 5.92 Å². The van der Waals surface area contributed by atoms with Crippen LogP contribution < -0.4 is 5.32 Å². The van der Waals surface area contributed by atoms with E-state index in [1.54, 1.807) is 13.8 Å². The molecule has 0 atom stereocenters. The van der Waals surface area contributed by atoms with Gasteiger partial charge in [0.25, 0.3) is 5.91 Å². The summed E-state index contributed by atoms with van der Waals surface area (Å²) >= 11 is 0. The fraction of sp³-hybridized carbons (Fsp3) is 0.917. The predicted molar refractivity (Wildman–Crippen MR) is 61.0 cm³/mol. The second kappa shape index (κ2) is 5.47. The molecule has 1 amide bonds. The Labute approximate surface area is 105 Å². The number of amides is 1. The highest BCUT2D eigenvalue weighted by Crippen LogP contribution is 2.37. The summed E-state index contributed by atoms with van der Waals surface area (Å²) in [4.78, 5) is 11.8. The number of methoxy groups -OCH3 is 1. The highest BCUT2D eigenvalue weighted by atomic mass is 19.4. The number of rotatable bonds is 3. The van der Waals surface area contributed by atoms with Crippen LogP contribution in [-0.2, 0) is 9.53 Å². The third-order valence-electron chi connectivity index (χ3n) is 3.58. The minimum absolute atomic E-state index is 0.0852. The molecule has 0 spiro atoms. The second-order valence-corrected chi connectivity index (χ2v) is 5.28. The molecule has 106 valence electrons. The highest BCUT2D eigenvalue weighted by Gasteiger charge is 2.42. The van der Waals surface area contributed by atoms with Crippen LogP contribution in [0.2, 0.25) is 0 Å². The summed E-state index contributed by atoms with van der Waals surface area (Å²) < 4.78 is 42.4. The lowest BCUT2D eigenvalue weighted by molar-refractivity contribution is -0.183. The first-order valence-electron chi connectivity index (χ1n) is 6.09. The van der Waals surface area contributed by atoms with E-state index in [1.807, 2.05) is 0 Å². The molecule has 0 radical (unpaired) electrons. The molecule has 0 aliphatic heterocycles. The molecule has 1 aliphatic rings. The Balaban J connectivity index is 2.43. The molecule has 1 saturated carbocycles. The molecule has 0 heterocycles. The lowest BCUT2D eigenvalue weighted by atomic mass is 9.85. The summed E-state index contributed by atoms with van der Waals surface area (Å²) in [7, 11) is 1.43. The standard InChI is InChI=1S/C12H20F3NO2/c1-11(2,18-3)10(17)16-9-6-4-8(5-7-9)12(13,14)15/h8-9H,4-7H2,1-3H3,(H,16,17). The van der Waals surface area contributed by atoms with Gasteiger partial charge in [0.2, 0.25) is 0 Å². The van der Waals surface area contributed by atoms with Crippen LogP contribution in [0.25, 0.3) is 0 Å². The van der Waals surface area contributed by atoms with Crippen molar-refractivity contribution in [3.63, 3.8) is 0 Å². The number of ether oxygens (including phenoxy) is 1. The fourth-order valence-corrected chi connectivity index (χ4v) is 2.02. The number of halogens is 3. The van der Waals surface area contributed by atoms with E-state index in [0.29, 0.717) is 12.8 Å². The summed E-state index contributed by atoms with van der Waals surface area (Å²) in [6.07, 6.45) is -3.20. The van der Waals surface area contributed by atoms with Crippen LogP contribution >= 0.6 is 0 Å². The first-order chi connectivity index (χ1) is 8.16. The van der Waals surface area contributed by atoms with Crippen LogP contribution in [0.15, 0.2) is 0 Å². The van der Waals surface area contributed by atoms with Crippen molar-refractivity contribution in [1.82, 2.24) is 5.32 Å². The molecule has 1 rings (SSSR count). The molecular formula is C12H20F3NO2. The number of hydrogen-bond donors (Lipinski definition) is 1. The van der Waals surface area contributed by atoms with Crippen LogP contribution in [-0.4, -0.2) is 30.8 Å². The van der Waals surface area contributed by atoms with Crippen molar-refractivity contribution < 1.29 is 22.7 Å². The van der Waals surface area contributed by atoms with Gasteiger partial charge in [0.1, 0.15) is 5.60 Å². The molecule has 18 heavy (non-hydrogen) atoms. The van der Waals surface area contributed by atoms with Gasteiger partial charge in [-0.15, -0.1) is 0 Å². The number of carbonyl (C=O) groups is 1. The smallest absolute Gasteiger partial charge is 0.369 e. The van der Waals surface area contributed by atoms with Gasteiger partial charge in [0, 0.05) is 13.2 Å². The number of nitrogens with one attached hydrogen (secondary N) is 1. The van der Waals surface area contributed by atoms with Gasteiger partial charge in [-0.1, -0.05) is 0 Å². The van der Waals surface area contributed by atoms with Crippen molar-refractivity contribution in [3.05, 3.63) is 0 Å². The minimum atomic E-state index is -4.11. The SMILES string of the molecule is COC(C)(C)C(=O)NC1CCC(C(F)(F)F)CC1. The maximum absolute atomic E-state index is 12.5. The Morgan fingerprint density at radius 1 is 1.17 bits per heavy atom. The zero-order valence-corrected chi connectivity index (χ0v) is 10.9. The lowest BCUT2D eigenvalue weighted by Gasteiger charge is -2.32. The molecular weight excluding hydrogens is 247 g/mol. The number of hydrogen-bond acceptors (Lipinski definition) is 2. The van der Waals surface area contributed by atoms with Crippen molar-refractivity contribution >= 4 is 5.91 Å². The molecule has 1 fully saturated rings. The fourth-order valence-electron chi connectivity index (χ4n) is 2.02. The normalized spacial score (nSPS) is 25.9. The van der Waals surface area contributed by atoms with E-state index in [4.69, 9.17) is 4.74 Å². The number of carbonyl (C=O) groups excluding carboxylic acids is 1. The van der Waals surface area contributed by atoms with Gasteiger partial charge < -0.3 is 10.1 Å². The van der Waals surface area contributed by atoms with Gasteiger partial charge in [-0.05, 0) is 39.5 Å². The topological polar surface area (TPSA) is 38.3 Å². The van der Waals surface area contributed by atoms with E-state index in [2.05, 4.69) is 5.32 Å². The Kier molecular flexibility index (Phi) is 4.64. The zero-order chi connectivity index (χ0) is 14.0. The van der Waals surface area contributed by atoms with E-state index in [-0.39, 0.29) is 24.8 Å². The maximum Gasteiger partial charge on any atom is 0.391 e.